The number of aromatic nitrogens is 5. The van der Waals surface area contributed by atoms with Crippen molar-refractivity contribution < 1.29 is 14.3 Å². The van der Waals surface area contributed by atoms with E-state index in [9.17, 15) is 4.79 Å². The molecule has 0 amide bonds. The molecule has 5 rings (SSSR count). The van der Waals surface area contributed by atoms with Crippen LogP contribution in [0.3, 0.4) is 0 Å². The van der Waals surface area contributed by atoms with Gasteiger partial charge in [0.1, 0.15) is 17.8 Å². The van der Waals surface area contributed by atoms with Crippen LogP contribution in [0.15, 0.2) is 66.5 Å². The fourth-order valence-electron chi connectivity index (χ4n) is 3.95. The van der Waals surface area contributed by atoms with Gasteiger partial charge in [-0.2, -0.15) is 0 Å². The molecule has 1 aliphatic rings. The number of carbonyl (C=O) groups is 1. The third-order valence-electron chi connectivity index (χ3n) is 5.36. The van der Waals surface area contributed by atoms with E-state index in [1.807, 2.05) is 36.4 Å². The number of Topliss-reactive ketones (excluding diaryl/α,β-unsaturated/α-hetero) is 1. The lowest BCUT2D eigenvalue weighted by molar-refractivity contribution is -0.114. The van der Waals surface area contributed by atoms with Gasteiger partial charge in [-0.1, -0.05) is 12.1 Å². The zero-order valence-corrected chi connectivity index (χ0v) is 17.2. The summed E-state index contributed by atoms with van der Waals surface area (Å²) in [6.45, 7) is 3.33. The number of carbonyl (C=O) groups excluding carboxylic acids is 1. The minimum absolute atomic E-state index is 0.0696. The first-order valence-corrected chi connectivity index (χ1v) is 9.76. The van der Waals surface area contributed by atoms with E-state index in [0.717, 1.165) is 16.9 Å². The van der Waals surface area contributed by atoms with Crippen molar-refractivity contribution in [2.24, 2.45) is 0 Å². The SMILES string of the molecule is COc1ccc([C@H]2C(C(C)=O)=C(C)Oc3ncn4nc(-c5ccncc5)nc4c32)cc1. The maximum Gasteiger partial charge on any atom is 0.228 e. The fraction of sp³-hybridized carbons (Fsp3) is 0.174. The highest BCUT2D eigenvalue weighted by atomic mass is 16.5. The number of pyridine rings is 1. The third-order valence-corrected chi connectivity index (χ3v) is 5.36. The van der Waals surface area contributed by atoms with Crippen LogP contribution < -0.4 is 9.47 Å². The highest BCUT2D eigenvalue weighted by Gasteiger charge is 2.36. The number of benzene rings is 1. The van der Waals surface area contributed by atoms with Gasteiger partial charge in [0.15, 0.2) is 17.3 Å². The summed E-state index contributed by atoms with van der Waals surface area (Å²) in [6, 6.07) is 11.3. The van der Waals surface area contributed by atoms with Gasteiger partial charge in [-0.15, -0.1) is 5.10 Å². The van der Waals surface area contributed by atoms with Crippen LogP contribution in [0.5, 0.6) is 11.6 Å². The number of rotatable bonds is 4. The Morgan fingerprint density at radius 2 is 1.87 bits per heavy atom. The zero-order valence-electron chi connectivity index (χ0n) is 17.2. The normalized spacial score (nSPS) is 15.5. The van der Waals surface area contributed by atoms with Gasteiger partial charge in [0.05, 0.1) is 12.7 Å². The molecule has 1 atom stereocenters. The molecule has 0 bridgehead atoms. The van der Waals surface area contributed by atoms with E-state index in [4.69, 9.17) is 14.5 Å². The number of ketones is 1. The Bertz CT molecular complexity index is 1330. The van der Waals surface area contributed by atoms with Crippen LogP contribution in [0.4, 0.5) is 0 Å². The number of nitrogens with zero attached hydrogens (tertiary/aromatic N) is 5. The summed E-state index contributed by atoms with van der Waals surface area (Å²) in [4.78, 5) is 25.9. The van der Waals surface area contributed by atoms with Crippen molar-refractivity contribution in [3.05, 3.63) is 77.6 Å². The fourth-order valence-corrected chi connectivity index (χ4v) is 3.95. The summed E-state index contributed by atoms with van der Waals surface area (Å²) < 4.78 is 12.9. The molecule has 0 radical (unpaired) electrons. The number of ether oxygens (including phenoxy) is 2. The molecule has 8 nitrogen and oxygen atoms in total. The molecule has 0 saturated heterocycles. The Morgan fingerprint density at radius 3 is 2.55 bits per heavy atom. The van der Waals surface area contributed by atoms with Gasteiger partial charge < -0.3 is 9.47 Å². The van der Waals surface area contributed by atoms with E-state index < -0.39 is 5.92 Å². The third kappa shape index (κ3) is 3.13. The van der Waals surface area contributed by atoms with Gasteiger partial charge in [-0.05, 0) is 43.7 Å². The molecule has 154 valence electrons. The molecular formula is C23H19N5O3. The van der Waals surface area contributed by atoms with Gasteiger partial charge in [0.2, 0.25) is 5.88 Å². The van der Waals surface area contributed by atoms with Crippen LogP contribution >= 0.6 is 0 Å². The first-order valence-electron chi connectivity index (χ1n) is 9.76. The summed E-state index contributed by atoms with van der Waals surface area (Å²) in [5.41, 5.74) is 3.61. The van der Waals surface area contributed by atoms with Gasteiger partial charge >= 0.3 is 0 Å². The van der Waals surface area contributed by atoms with Crippen molar-refractivity contribution >= 4 is 11.4 Å². The van der Waals surface area contributed by atoms with Gasteiger partial charge in [-0.3, -0.25) is 9.78 Å². The average Bonchev–Trinajstić information content (AvgIpc) is 3.23. The van der Waals surface area contributed by atoms with Gasteiger partial charge in [0.25, 0.3) is 0 Å². The molecule has 3 aromatic heterocycles. The molecule has 31 heavy (non-hydrogen) atoms. The van der Waals surface area contributed by atoms with Crippen molar-refractivity contribution in [3.8, 4) is 23.0 Å². The minimum Gasteiger partial charge on any atom is -0.497 e. The summed E-state index contributed by atoms with van der Waals surface area (Å²) in [5, 5.41) is 4.57. The lowest BCUT2D eigenvalue weighted by Crippen LogP contribution is -2.22. The molecular weight excluding hydrogens is 394 g/mol. The summed E-state index contributed by atoms with van der Waals surface area (Å²) in [6.07, 6.45) is 4.96. The molecule has 0 N–H and O–H groups in total. The first kappa shape index (κ1) is 18.9. The van der Waals surface area contributed by atoms with E-state index >= 15 is 0 Å². The van der Waals surface area contributed by atoms with Crippen molar-refractivity contribution in [2.75, 3.05) is 7.11 Å². The van der Waals surface area contributed by atoms with E-state index in [0.29, 0.717) is 34.2 Å². The molecule has 4 heterocycles. The predicted octanol–water partition coefficient (Wildman–Crippen LogP) is 3.58. The second-order valence-electron chi connectivity index (χ2n) is 7.24. The maximum atomic E-state index is 12.7. The standard InChI is InChI=1S/C23H19N5O3/c1-13(29)18-14(2)31-23-20(19(18)15-4-6-17(30-3)7-5-15)22-26-21(27-28(22)12-25-23)16-8-10-24-11-9-16/h4-12,19H,1-3H3/t19-/m0/s1. The summed E-state index contributed by atoms with van der Waals surface area (Å²) in [7, 11) is 1.62. The second-order valence-corrected chi connectivity index (χ2v) is 7.24. The Balaban J connectivity index is 1.76. The van der Waals surface area contributed by atoms with Crippen LogP contribution in [0, 0.1) is 0 Å². The second kappa shape index (κ2) is 7.32. The molecule has 1 aromatic carbocycles. The van der Waals surface area contributed by atoms with E-state index in [2.05, 4.69) is 15.1 Å². The van der Waals surface area contributed by atoms with Crippen LogP contribution in [0.25, 0.3) is 17.0 Å². The lowest BCUT2D eigenvalue weighted by Gasteiger charge is -2.28. The van der Waals surface area contributed by atoms with Crippen molar-refractivity contribution in [1.29, 1.82) is 0 Å². The Labute approximate surface area is 178 Å². The van der Waals surface area contributed by atoms with Crippen molar-refractivity contribution in [3.63, 3.8) is 0 Å². The highest BCUT2D eigenvalue weighted by molar-refractivity contribution is 5.97. The summed E-state index contributed by atoms with van der Waals surface area (Å²) in [5.74, 6) is 1.77. The van der Waals surface area contributed by atoms with Crippen molar-refractivity contribution in [2.45, 2.75) is 19.8 Å². The van der Waals surface area contributed by atoms with Crippen molar-refractivity contribution in [1.82, 2.24) is 24.6 Å². The number of methoxy groups -OCH3 is 1. The maximum absolute atomic E-state index is 12.7. The van der Waals surface area contributed by atoms with Crippen LogP contribution in [0.2, 0.25) is 0 Å². The molecule has 1 aliphatic heterocycles. The zero-order chi connectivity index (χ0) is 21.5. The molecule has 0 unspecified atom stereocenters. The smallest absolute Gasteiger partial charge is 0.228 e. The van der Waals surface area contributed by atoms with E-state index in [1.54, 1.807) is 44.2 Å². The topological polar surface area (TPSA) is 91.5 Å². The Hall–Kier alpha value is -4.07. The molecule has 0 saturated carbocycles. The molecule has 0 aliphatic carbocycles. The Morgan fingerprint density at radius 1 is 1.13 bits per heavy atom. The lowest BCUT2D eigenvalue weighted by atomic mass is 9.82. The minimum atomic E-state index is -0.391. The monoisotopic (exact) mass is 413 g/mol. The molecule has 0 fully saturated rings. The largest absolute Gasteiger partial charge is 0.497 e. The number of allylic oxidation sites excluding steroid dienone is 2. The number of hydrogen-bond donors (Lipinski definition) is 0. The van der Waals surface area contributed by atoms with Gasteiger partial charge in [-0.25, -0.2) is 14.5 Å². The Kier molecular flexibility index (Phi) is 4.47. The van der Waals surface area contributed by atoms with Gasteiger partial charge in [0, 0.05) is 29.4 Å². The van der Waals surface area contributed by atoms with E-state index in [1.165, 1.54) is 0 Å². The number of hydrogen-bond acceptors (Lipinski definition) is 7. The van der Waals surface area contributed by atoms with E-state index in [-0.39, 0.29) is 5.78 Å². The summed E-state index contributed by atoms with van der Waals surface area (Å²) >= 11 is 0. The van der Waals surface area contributed by atoms with Crippen LogP contribution in [-0.4, -0.2) is 37.5 Å². The molecule has 8 heteroatoms. The number of fused-ring (bicyclic) bond motifs is 3. The highest BCUT2D eigenvalue weighted by Crippen LogP contribution is 2.44. The quantitative estimate of drug-likeness (QED) is 0.505. The first-order chi connectivity index (χ1) is 15.1. The molecule has 0 spiro atoms. The predicted molar refractivity (Wildman–Crippen MR) is 113 cm³/mol. The molecule has 4 aromatic rings. The van der Waals surface area contributed by atoms with Crippen LogP contribution in [-0.2, 0) is 4.79 Å². The average molecular weight is 413 g/mol. The van der Waals surface area contributed by atoms with Crippen LogP contribution in [0.1, 0.15) is 30.9 Å².